The van der Waals surface area contributed by atoms with Gasteiger partial charge in [-0.1, -0.05) is 49.2 Å². The number of esters is 1. The Morgan fingerprint density at radius 1 is 1.12 bits per heavy atom. The summed E-state index contributed by atoms with van der Waals surface area (Å²) in [4.78, 5) is 23.9. The Morgan fingerprint density at radius 3 is 2.44 bits per heavy atom. The van der Waals surface area contributed by atoms with Crippen LogP contribution in [-0.4, -0.2) is 18.5 Å². The van der Waals surface area contributed by atoms with Gasteiger partial charge >= 0.3 is 5.97 Å². The van der Waals surface area contributed by atoms with Crippen molar-refractivity contribution in [3.05, 3.63) is 63.6 Å². The van der Waals surface area contributed by atoms with E-state index in [0.717, 1.165) is 6.42 Å². The van der Waals surface area contributed by atoms with Gasteiger partial charge in [0.1, 0.15) is 0 Å². The summed E-state index contributed by atoms with van der Waals surface area (Å²) in [5.74, 6) is -0.661. The lowest BCUT2D eigenvalue weighted by atomic mass is 9.99. The van der Waals surface area contributed by atoms with Crippen molar-refractivity contribution in [2.75, 3.05) is 11.9 Å². The first-order valence-electron chi connectivity index (χ1n) is 7.92. The van der Waals surface area contributed by atoms with E-state index in [0.29, 0.717) is 16.6 Å². The van der Waals surface area contributed by atoms with E-state index < -0.39 is 18.5 Å². The Balaban J connectivity index is 1.90. The van der Waals surface area contributed by atoms with Crippen molar-refractivity contribution in [2.24, 2.45) is 0 Å². The van der Waals surface area contributed by atoms with Crippen LogP contribution >= 0.6 is 23.2 Å². The fraction of sp³-hybridized carbons (Fsp3) is 0.263. The lowest BCUT2D eigenvalue weighted by molar-refractivity contribution is -0.119. The molecule has 0 aliphatic heterocycles. The lowest BCUT2D eigenvalue weighted by Crippen LogP contribution is -2.21. The summed E-state index contributed by atoms with van der Waals surface area (Å²) in [5.41, 5.74) is 1.98. The second-order valence-corrected chi connectivity index (χ2v) is 6.52. The molecule has 1 N–H and O–H groups in total. The van der Waals surface area contributed by atoms with Crippen molar-refractivity contribution in [3.8, 4) is 0 Å². The van der Waals surface area contributed by atoms with Crippen LogP contribution in [0.1, 0.15) is 42.1 Å². The summed E-state index contributed by atoms with van der Waals surface area (Å²) >= 11 is 11.8. The van der Waals surface area contributed by atoms with E-state index in [4.69, 9.17) is 27.9 Å². The number of carbonyl (C=O) groups excluding carboxylic acids is 2. The van der Waals surface area contributed by atoms with E-state index in [2.05, 4.69) is 19.2 Å². The molecule has 0 bridgehead atoms. The average molecular weight is 380 g/mol. The highest BCUT2D eigenvalue weighted by atomic mass is 35.5. The molecule has 0 radical (unpaired) electrons. The molecule has 0 heterocycles. The number of nitrogens with one attached hydrogen (secondary N) is 1. The van der Waals surface area contributed by atoms with E-state index >= 15 is 0 Å². The summed E-state index contributed by atoms with van der Waals surface area (Å²) in [7, 11) is 0. The fourth-order valence-electron chi connectivity index (χ4n) is 2.19. The molecule has 1 atom stereocenters. The van der Waals surface area contributed by atoms with Gasteiger partial charge in [0.05, 0.1) is 10.6 Å². The Bertz CT molecular complexity index is 760. The molecule has 1 unspecified atom stereocenters. The van der Waals surface area contributed by atoms with Gasteiger partial charge in [-0.15, -0.1) is 0 Å². The third-order valence-electron chi connectivity index (χ3n) is 3.86. The second kappa shape index (κ2) is 8.88. The molecule has 0 spiro atoms. The number of carbonyl (C=O) groups is 2. The molecule has 25 heavy (non-hydrogen) atoms. The van der Waals surface area contributed by atoms with Crippen LogP contribution in [0.2, 0.25) is 10.0 Å². The summed E-state index contributed by atoms with van der Waals surface area (Å²) in [6.45, 7) is 3.86. The third kappa shape index (κ3) is 5.48. The topological polar surface area (TPSA) is 55.4 Å². The molecule has 0 saturated heterocycles. The number of anilines is 1. The summed E-state index contributed by atoms with van der Waals surface area (Å²) < 4.78 is 4.98. The Hall–Kier alpha value is -2.04. The van der Waals surface area contributed by atoms with E-state index in [1.807, 2.05) is 24.3 Å². The predicted octanol–water partition coefficient (Wildman–Crippen LogP) is 5.30. The van der Waals surface area contributed by atoms with Gasteiger partial charge in [0.25, 0.3) is 5.91 Å². The van der Waals surface area contributed by atoms with Crippen LogP contribution in [0.4, 0.5) is 5.69 Å². The minimum absolute atomic E-state index is 0.125. The molecular weight excluding hydrogens is 361 g/mol. The quantitative estimate of drug-likeness (QED) is 0.692. The number of hydrogen-bond acceptors (Lipinski definition) is 3. The van der Waals surface area contributed by atoms with E-state index in [1.54, 1.807) is 6.07 Å². The van der Waals surface area contributed by atoms with Crippen LogP contribution in [0.3, 0.4) is 0 Å². The maximum atomic E-state index is 12.0. The molecule has 4 nitrogen and oxygen atoms in total. The van der Waals surface area contributed by atoms with Crippen molar-refractivity contribution in [3.63, 3.8) is 0 Å². The van der Waals surface area contributed by atoms with Crippen molar-refractivity contribution < 1.29 is 14.3 Å². The highest BCUT2D eigenvalue weighted by Crippen LogP contribution is 2.22. The number of rotatable bonds is 6. The maximum absolute atomic E-state index is 12.0. The van der Waals surface area contributed by atoms with Crippen molar-refractivity contribution in [1.82, 2.24) is 0 Å². The minimum Gasteiger partial charge on any atom is -0.452 e. The van der Waals surface area contributed by atoms with E-state index in [1.165, 1.54) is 17.7 Å². The standard InChI is InChI=1S/C19H19Cl2NO3/c1-3-12(2)13-4-7-15(8-5-13)22-18(23)11-25-19(24)16-10-14(20)6-9-17(16)21/h4-10,12H,3,11H2,1-2H3,(H,22,23). The highest BCUT2D eigenvalue weighted by molar-refractivity contribution is 6.35. The molecule has 0 fully saturated rings. The first-order chi connectivity index (χ1) is 11.9. The van der Waals surface area contributed by atoms with E-state index in [-0.39, 0.29) is 10.6 Å². The average Bonchev–Trinajstić information content (AvgIpc) is 2.61. The normalized spacial score (nSPS) is 11.7. The molecule has 2 aromatic rings. The molecule has 6 heteroatoms. The summed E-state index contributed by atoms with van der Waals surface area (Å²) in [6.07, 6.45) is 1.05. The number of ether oxygens (including phenoxy) is 1. The third-order valence-corrected chi connectivity index (χ3v) is 4.42. The zero-order valence-corrected chi connectivity index (χ0v) is 15.5. The summed E-state index contributed by atoms with van der Waals surface area (Å²) in [6, 6.07) is 12.1. The molecule has 132 valence electrons. The van der Waals surface area contributed by atoms with Crippen LogP contribution in [0.15, 0.2) is 42.5 Å². The van der Waals surface area contributed by atoms with Gasteiger partial charge in [-0.25, -0.2) is 4.79 Å². The van der Waals surface area contributed by atoms with Crippen LogP contribution < -0.4 is 5.32 Å². The van der Waals surface area contributed by atoms with E-state index in [9.17, 15) is 9.59 Å². The van der Waals surface area contributed by atoms with Gasteiger partial charge in [-0.3, -0.25) is 4.79 Å². The van der Waals surface area contributed by atoms with Crippen molar-refractivity contribution >= 4 is 40.8 Å². The molecule has 0 saturated carbocycles. The van der Waals surface area contributed by atoms with Gasteiger partial charge in [-0.05, 0) is 48.2 Å². The fourth-order valence-corrected chi connectivity index (χ4v) is 2.56. The van der Waals surface area contributed by atoms with Crippen LogP contribution in [0, 0.1) is 0 Å². The minimum atomic E-state index is -0.699. The van der Waals surface area contributed by atoms with Gasteiger partial charge < -0.3 is 10.1 Å². The largest absolute Gasteiger partial charge is 0.452 e. The number of benzene rings is 2. The van der Waals surface area contributed by atoms with Crippen molar-refractivity contribution in [1.29, 1.82) is 0 Å². The van der Waals surface area contributed by atoms with Crippen LogP contribution in [-0.2, 0) is 9.53 Å². The molecule has 2 aromatic carbocycles. The molecule has 0 aliphatic rings. The Morgan fingerprint density at radius 2 is 1.80 bits per heavy atom. The smallest absolute Gasteiger partial charge is 0.340 e. The Kier molecular flexibility index (Phi) is 6.85. The SMILES string of the molecule is CCC(C)c1ccc(NC(=O)COC(=O)c2cc(Cl)ccc2Cl)cc1. The maximum Gasteiger partial charge on any atom is 0.340 e. The molecule has 1 amide bonds. The van der Waals surface area contributed by atoms with Crippen LogP contribution in [0.25, 0.3) is 0 Å². The molecular formula is C19H19Cl2NO3. The first-order valence-corrected chi connectivity index (χ1v) is 8.68. The zero-order valence-electron chi connectivity index (χ0n) is 14.0. The number of hydrogen-bond donors (Lipinski definition) is 1. The molecule has 0 aliphatic carbocycles. The van der Waals surface area contributed by atoms with Crippen LogP contribution in [0.5, 0.6) is 0 Å². The summed E-state index contributed by atoms with van der Waals surface area (Å²) in [5, 5.41) is 3.26. The van der Waals surface area contributed by atoms with Gasteiger partial charge in [0, 0.05) is 10.7 Å². The zero-order chi connectivity index (χ0) is 18.4. The predicted molar refractivity (Wildman–Crippen MR) is 101 cm³/mol. The lowest BCUT2D eigenvalue weighted by Gasteiger charge is -2.11. The number of halogens is 2. The van der Waals surface area contributed by atoms with Crippen molar-refractivity contribution in [2.45, 2.75) is 26.2 Å². The monoisotopic (exact) mass is 379 g/mol. The first kappa shape index (κ1) is 19.3. The Labute approximate surface area is 157 Å². The number of amides is 1. The molecule has 0 aromatic heterocycles. The van der Waals surface area contributed by atoms with Gasteiger partial charge in [0.2, 0.25) is 0 Å². The van der Waals surface area contributed by atoms with Gasteiger partial charge in [-0.2, -0.15) is 0 Å². The van der Waals surface area contributed by atoms with Gasteiger partial charge in [0.15, 0.2) is 6.61 Å². The highest BCUT2D eigenvalue weighted by Gasteiger charge is 2.14. The molecule has 2 rings (SSSR count). The second-order valence-electron chi connectivity index (χ2n) is 5.68.